The van der Waals surface area contributed by atoms with Crippen molar-refractivity contribution in [3.05, 3.63) is 52.3 Å². The number of sulfonamides is 1. The Hall–Kier alpha value is -2.03. The maximum atomic E-state index is 13.2. The number of nitrogens with one attached hydrogen (secondary N) is 1. The van der Waals surface area contributed by atoms with E-state index in [0.29, 0.717) is 5.02 Å². The molecule has 0 bridgehead atoms. The average Bonchev–Trinajstić information content (AvgIpc) is 2.56. The van der Waals surface area contributed by atoms with E-state index in [0.717, 1.165) is 16.6 Å². The van der Waals surface area contributed by atoms with Crippen molar-refractivity contribution in [1.82, 2.24) is 0 Å². The van der Waals surface area contributed by atoms with Gasteiger partial charge in [0.05, 0.1) is 23.5 Å². The van der Waals surface area contributed by atoms with Crippen molar-refractivity contribution in [2.45, 2.75) is 6.10 Å². The van der Waals surface area contributed by atoms with Crippen LogP contribution >= 0.6 is 23.2 Å². The zero-order valence-electron chi connectivity index (χ0n) is 13.4. The van der Waals surface area contributed by atoms with Gasteiger partial charge in [-0.25, -0.2) is 12.8 Å². The van der Waals surface area contributed by atoms with E-state index in [9.17, 15) is 17.6 Å². The van der Waals surface area contributed by atoms with Gasteiger partial charge in [0.1, 0.15) is 11.6 Å². The van der Waals surface area contributed by atoms with E-state index in [1.807, 2.05) is 0 Å². The van der Waals surface area contributed by atoms with E-state index in [4.69, 9.17) is 27.9 Å². The normalized spacial score (nSPS) is 16.6. The van der Waals surface area contributed by atoms with Crippen LogP contribution in [0, 0.1) is 5.82 Å². The number of nitrogens with zero attached hydrogens (tertiary/aromatic N) is 1. The predicted octanol–water partition coefficient (Wildman–Crippen LogP) is 3.30. The molecule has 0 aromatic heterocycles. The molecule has 1 amide bonds. The summed E-state index contributed by atoms with van der Waals surface area (Å²) in [7, 11) is -3.66. The highest BCUT2D eigenvalue weighted by molar-refractivity contribution is 7.92. The van der Waals surface area contributed by atoms with Gasteiger partial charge in [0.25, 0.3) is 5.91 Å². The van der Waals surface area contributed by atoms with Gasteiger partial charge >= 0.3 is 0 Å². The molecule has 6 nitrogen and oxygen atoms in total. The number of amides is 1. The number of rotatable bonds is 3. The van der Waals surface area contributed by atoms with Crippen LogP contribution in [-0.4, -0.2) is 33.2 Å². The summed E-state index contributed by atoms with van der Waals surface area (Å²) >= 11 is 11.6. The molecule has 0 aliphatic carbocycles. The summed E-state index contributed by atoms with van der Waals surface area (Å²) in [4.78, 5) is 12.5. The first-order valence-corrected chi connectivity index (χ1v) is 9.95. The highest BCUT2D eigenvalue weighted by Crippen LogP contribution is 2.37. The highest BCUT2D eigenvalue weighted by Gasteiger charge is 2.35. The number of fused-ring (bicyclic) bond motifs is 1. The van der Waals surface area contributed by atoms with Crippen molar-refractivity contribution in [1.29, 1.82) is 0 Å². The maximum Gasteiger partial charge on any atom is 0.267 e. The summed E-state index contributed by atoms with van der Waals surface area (Å²) < 4.78 is 44.1. The van der Waals surface area contributed by atoms with Crippen LogP contribution in [0.25, 0.3) is 0 Å². The lowest BCUT2D eigenvalue weighted by molar-refractivity contribution is -0.122. The monoisotopic (exact) mass is 418 g/mol. The molecule has 138 valence electrons. The number of ether oxygens (including phenoxy) is 1. The fourth-order valence-corrected chi connectivity index (χ4v) is 3.72. The second kappa shape index (κ2) is 6.94. The molecule has 0 spiro atoms. The lowest BCUT2D eigenvalue weighted by Crippen LogP contribution is -2.48. The van der Waals surface area contributed by atoms with Crippen LogP contribution in [0.15, 0.2) is 36.4 Å². The van der Waals surface area contributed by atoms with E-state index >= 15 is 0 Å². The first-order valence-electron chi connectivity index (χ1n) is 7.35. The maximum absolute atomic E-state index is 13.2. The number of halogens is 3. The zero-order chi connectivity index (χ0) is 19.1. The summed E-state index contributed by atoms with van der Waals surface area (Å²) in [5, 5.41) is 2.72. The minimum absolute atomic E-state index is 0.148. The Morgan fingerprint density at radius 1 is 1.27 bits per heavy atom. The molecule has 1 aliphatic rings. The minimum Gasteiger partial charge on any atom is -0.476 e. The SMILES string of the molecule is CS(=O)(=O)N1C[C@H](C(=O)Nc2ccc(F)c(Cl)c2)Oc2ccc(Cl)cc21. The Morgan fingerprint density at radius 3 is 2.65 bits per heavy atom. The molecule has 0 fully saturated rings. The van der Waals surface area contributed by atoms with Crippen molar-refractivity contribution < 1.29 is 22.3 Å². The van der Waals surface area contributed by atoms with Crippen molar-refractivity contribution in [3.63, 3.8) is 0 Å². The fraction of sp³-hybridized carbons (Fsp3) is 0.188. The zero-order valence-corrected chi connectivity index (χ0v) is 15.7. The Kier molecular flexibility index (Phi) is 5.01. The highest BCUT2D eigenvalue weighted by atomic mass is 35.5. The summed E-state index contributed by atoms with van der Waals surface area (Å²) in [5.74, 6) is -1.00. The van der Waals surface area contributed by atoms with E-state index in [2.05, 4.69) is 5.32 Å². The van der Waals surface area contributed by atoms with Gasteiger partial charge in [-0.15, -0.1) is 0 Å². The van der Waals surface area contributed by atoms with Gasteiger partial charge in [0.2, 0.25) is 10.0 Å². The first-order chi connectivity index (χ1) is 12.1. The molecular weight excluding hydrogens is 406 g/mol. The van der Waals surface area contributed by atoms with Gasteiger partial charge in [-0.1, -0.05) is 23.2 Å². The predicted molar refractivity (Wildman–Crippen MR) is 98.1 cm³/mol. The fourth-order valence-electron chi connectivity index (χ4n) is 2.47. The summed E-state index contributed by atoms with van der Waals surface area (Å²) in [6, 6.07) is 8.17. The van der Waals surface area contributed by atoms with Crippen molar-refractivity contribution >= 4 is 50.5 Å². The molecular formula is C16H13Cl2FN2O4S. The largest absolute Gasteiger partial charge is 0.476 e. The Bertz CT molecular complexity index is 984. The van der Waals surface area contributed by atoms with Crippen molar-refractivity contribution in [2.24, 2.45) is 0 Å². The van der Waals surface area contributed by atoms with Crippen LogP contribution < -0.4 is 14.4 Å². The number of benzene rings is 2. The number of anilines is 2. The minimum atomic E-state index is -3.66. The quantitative estimate of drug-likeness (QED) is 0.829. The third-order valence-corrected chi connectivity index (χ3v) is 5.34. The van der Waals surface area contributed by atoms with E-state index in [1.165, 1.54) is 30.3 Å². The van der Waals surface area contributed by atoms with Crippen molar-refractivity contribution in [3.8, 4) is 5.75 Å². The third-order valence-electron chi connectivity index (χ3n) is 3.67. The van der Waals surface area contributed by atoms with E-state index in [1.54, 1.807) is 0 Å². The number of carbonyl (C=O) groups excluding carboxylic acids is 1. The van der Waals surface area contributed by atoms with Gasteiger partial charge in [0, 0.05) is 10.7 Å². The summed E-state index contributed by atoms with van der Waals surface area (Å²) in [6.45, 7) is -0.229. The first kappa shape index (κ1) is 18.8. The van der Waals surface area contributed by atoms with Crippen LogP contribution in [0.1, 0.15) is 0 Å². The molecule has 1 aliphatic heterocycles. The molecule has 2 aromatic rings. The summed E-state index contributed by atoms with van der Waals surface area (Å²) in [6.07, 6.45) is -0.0835. The van der Waals surface area contributed by atoms with Crippen LogP contribution in [0.4, 0.5) is 15.8 Å². The summed E-state index contributed by atoms with van der Waals surface area (Å²) in [5.41, 5.74) is 0.520. The topological polar surface area (TPSA) is 75.7 Å². The molecule has 0 saturated carbocycles. The van der Waals surface area contributed by atoms with Gasteiger partial charge in [-0.05, 0) is 36.4 Å². The lowest BCUT2D eigenvalue weighted by Gasteiger charge is -2.34. The molecule has 0 radical (unpaired) electrons. The van der Waals surface area contributed by atoms with Gasteiger partial charge in [0.15, 0.2) is 6.10 Å². The Labute approximate surface area is 159 Å². The molecule has 26 heavy (non-hydrogen) atoms. The smallest absolute Gasteiger partial charge is 0.267 e. The van der Waals surface area contributed by atoms with Crippen molar-refractivity contribution in [2.75, 3.05) is 22.4 Å². The molecule has 1 atom stereocenters. The Balaban J connectivity index is 1.88. The number of carbonyl (C=O) groups is 1. The second-order valence-corrected chi connectivity index (χ2v) is 8.38. The van der Waals surface area contributed by atoms with Crippen LogP contribution in [0.2, 0.25) is 10.0 Å². The van der Waals surface area contributed by atoms with Gasteiger partial charge in [-0.3, -0.25) is 9.10 Å². The molecule has 0 saturated heterocycles. The van der Waals surface area contributed by atoms with Gasteiger partial charge < -0.3 is 10.1 Å². The van der Waals surface area contributed by atoms with E-state index < -0.39 is 27.9 Å². The average molecular weight is 419 g/mol. The Morgan fingerprint density at radius 2 is 2.00 bits per heavy atom. The molecule has 3 rings (SSSR count). The standard InChI is InChI=1S/C16H13Cl2FN2O4S/c1-26(23,24)21-8-15(25-14-5-2-9(17)6-13(14)21)16(22)20-10-3-4-12(19)11(18)7-10/h2-7,15H,8H2,1H3,(H,20,22)/t15-/m1/s1. The second-order valence-electron chi connectivity index (χ2n) is 5.63. The number of hydrogen-bond acceptors (Lipinski definition) is 4. The third kappa shape index (κ3) is 3.87. The molecule has 2 aromatic carbocycles. The van der Waals surface area contributed by atoms with Crippen LogP contribution in [0.5, 0.6) is 5.75 Å². The molecule has 1 heterocycles. The van der Waals surface area contributed by atoms with E-state index in [-0.39, 0.29) is 28.7 Å². The number of hydrogen-bond donors (Lipinski definition) is 1. The van der Waals surface area contributed by atoms with Gasteiger partial charge in [-0.2, -0.15) is 0 Å². The molecule has 1 N–H and O–H groups in total. The van der Waals surface area contributed by atoms with Crippen LogP contribution in [-0.2, 0) is 14.8 Å². The van der Waals surface area contributed by atoms with Crippen LogP contribution in [0.3, 0.4) is 0 Å². The molecule has 10 heteroatoms. The lowest BCUT2D eigenvalue weighted by atomic mass is 10.2. The molecule has 0 unspecified atom stereocenters.